The number of piperazine rings is 1. The van der Waals surface area contributed by atoms with E-state index in [1.807, 2.05) is 12.1 Å². The number of anilines is 1. The molecule has 1 heterocycles. The summed E-state index contributed by atoms with van der Waals surface area (Å²) >= 11 is 0. The highest BCUT2D eigenvalue weighted by Crippen LogP contribution is 2.46. The molecule has 4 nitrogen and oxygen atoms in total. The largest absolute Gasteiger partial charge is 0.325 e. The number of fused-ring (bicyclic) bond motifs is 3. The molecule has 1 aliphatic carbocycles. The van der Waals surface area contributed by atoms with E-state index in [9.17, 15) is 4.79 Å². The van der Waals surface area contributed by atoms with E-state index < -0.39 is 0 Å². The number of amides is 1. The first-order chi connectivity index (χ1) is 15.1. The van der Waals surface area contributed by atoms with Crippen molar-refractivity contribution in [3.63, 3.8) is 0 Å². The van der Waals surface area contributed by atoms with Crippen molar-refractivity contribution in [2.24, 2.45) is 0 Å². The third-order valence-corrected chi connectivity index (χ3v) is 6.45. The molecule has 158 valence electrons. The van der Waals surface area contributed by atoms with Gasteiger partial charge in [0, 0.05) is 31.9 Å². The summed E-state index contributed by atoms with van der Waals surface area (Å²) in [6, 6.07) is 24.0. The van der Waals surface area contributed by atoms with Crippen LogP contribution in [0.5, 0.6) is 0 Å². The highest BCUT2D eigenvalue weighted by atomic mass is 16.2. The highest BCUT2D eigenvalue weighted by molar-refractivity contribution is 5.92. The molecule has 0 radical (unpaired) electrons. The van der Waals surface area contributed by atoms with Crippen LogP contribution in [0.25, 0.3) is 11.1 Å². The van der Waals surface area contributed by atoms with E-state index in [1.165, 1.54) is 33.4 Å². The lowest BCUT2D eigenvalue weighted by Crippen LogP contribution is -2.49. The molecule has 0 saturated carbocycles. The molecule has 1 aliphatic heterocycles. The smallest absolute Gasteiger partial charge is 0.238 e. The maximum Gasteiger partial charge on any atom is 0.238 e. The van der Waals surface area contributed by atoms with E-state index in [0.29, 0.717) is 12.6 Å². The molecule has 0 spiro atoms. The molecule has 3 aromatic carbocycles. The Morgan fingerprint density at radius 1 is 0.839 bits per heavy atom. The zero-order valence-electron chi connectivity index (χ0n) is 18.3. The highest BCUT2D eigenvalue weighted by Gasteiger charge is 2.34. The van der Waals surface area contributed by atoms with Gasteiger partial charge < -0.3 is 5.32 Å². The fraction of sp³-hybridized carbons (Fsp3) is 0.296. The van der Waals surface area contributed by atoms with Crippen LogP contribution in [0, 0.1) is 13.8 Å². The summed E-state index contributed by atoms with van der Waals surface area (Å²) in [5.41, 5.74) is 8.76. The topological polar surface area (TPSA) is 35.6 Å². The molecule has 2 aliphatic rings. The van der Waals surface area contributed by atoms with Crippen molar-refractivity contribution in [3.8, 4) is 11.1 Å². The van der Waals surface area contributed by atoms with Crippen LogP contribution in [0.15, 0.2) is 66.7 Å². The van der Waals surface area contributed by atoms with Gasteiger partial charge in [-0.1, -0.05) is 54.6 Å². The first kappa shape index (κ1) is 20.0. The van der Waals surface area contributed by atoms with Crippen molar-refractivity contribution in [2.45, 2.75) is 19.9 Å². The zero-order chi connectivity index (χ0) is 21.4. The second-order valence-electron chi connectivity index (χ2n) is 8.81. The van der Waals surface area contributed by atoms with Gasteiger partial charge in [-0.25, -0.2) is 0 Å². The summed E-state index contributed by atoms with van der Waals surface area (Å²) in [6.07, 6.45) is 0. The van der Waals surface area contributed by atoms with Crippen molar-refractivity contribution < 1.29 is 4.79 Å². The lowest BCUT2D eigenvalue weighted by Gasteiger charge is -2.38. The Bertz CT molecular complexity index is 1050. The number of carbonyl (C=O) groups is 1. The van der Waals surface area contributed by atoms with Crippen LogP contribution in [0.3, 0.4) is 0 Å². The molecule has 1 N–H and O–H groups in total. The molecule has 4 heteroatoms. The van der Waals surface area contributed by atoms with Gasteiger partial charge in [0.05, 0.1) is 12.6 Å². The van der Waals surface area contributed by atoms with Crippen LogP contribution in [0.4, 0.5) is 5.69 Å². The molecule has 0 bridgehead atoms. The fourth-order valence-electron chi connectivity index (χ4n) is 5.15. The minimum atomic E-state index is 0.0648. The van der Waals surface area contributed by atoms with E-state index in [-0.39, 0.29) is 5.91 Å². The first-order valence-corrected chi connectivity index (χ1v) is 11.1. The number of carbonyl (C=O) groups excluding carboxylic acids is 1. The Kier molecular flexibility index (Phi) is 5.34. The number of hydrogen-bond donors (Lipinski definition) is 1. The van der Waals surface area contributed by atoms with Gasteiger partial charge in [0.25, 0.3) is 0 Å². The Morgan fingerprint density at radius 3 is 1.97 bits per heavy atom. The van der Waals surface area contributed by atoms with Gasteiger partial charge in [0.2, 0.25) is 5.91 Å². The zero-order valence-corrected chi connectivity index (χ0v) is 18.3. The molecule has 0 atom stereocenters. The van der Waals surface area contributed by atoms with Gasteiger partial charge >= 0.3 is 0 Å². The lowest BCUT2D eigenvalue weighted by molar-refractivity contribution is -0.117. The van der Waals surface area contributed by atoms with E-state index in [2.05, 4.69) is 83.6 Å². The van der Waals surface area contributed by atoms with Crippen molar-refractivity contribution in [1.82, 2.24) is 9.80 Å². The number of aryl methyl sites for hydroxylation is 2. The van der Waals surface area contributed by atoms with Crippen LogP contribution in [-0.2, 0) is 4.79 Å². The molecule has 3 aromatic rings. The summed E-state index contributed by atoms with van der Waals surface area (Å²) in [5.74, 6) is 0.0648. The van der Waals surface area contributed by atoms with E-state index in [4.69, 9.17) is 0 Å². The maximum absolute atomic E-state index is 12.6. The number of nitrogens with one attached hydrogen (secondary N) is 1. The number of nitrogens with zero attached hydrogens (tertiary/aromatic N) is 2. The standard InChI is InChI=1S/C27H29N3O/c1-19-15-20(2)17-21(16-19)28-26(31)18-29-11-13-30(14-12-29)27-24-9-5-3-7-22(24)23-8-4-6-10-25(23)27/h3-10,15-17,27H,11-14,18H2,1-2H3,(H,28,31). The van der Waals surface area contributed by atoms with Gasteiger partial charge in [-0.05, 0) is 59.4 Å². The maximum atomic E-state index is 12.6. The quantitative estimate of drug-likeness (QED) is 0.680. The number of benzene rings is 3. The number of rotatable bonds is 4. The molecule has 1 saturated heterocycles. The SMILES string of the molecule is Cc1cc(C)cc(NC(=O)CN2CCN(C3c4ccccc4-c4ccccc43)CC2)c1. The first-order valence-electron chi connectivity index (χ1n) is 11.1. The predicted molar refractivity (Wildman–Crippen MR) is 126 cm³/mol. The van der Waals surface area contributed by atoms with Gasteiger partial charge in [0.1, 0.15) is 0 Å². The van der Waals surface area contributed by atoms with E-state index >= 15 is 0 Å². The Balaban J connectivity index is 1.23. The van der Waals surface area contributed by atoms with Crippen molar-refractivity contribution in [2.75, 3.05) is 38.0 Å². The Morgan fingerprint density at radius 2 is 1.39 bits per heavy atom. The van der Waals surface area contributed by atoms with Crippen molar-refractivity contribution in [1.29, 1.82) is 0 Å². The van der Waals surface area contributed by atoms with E-state index in [1.54, 1.807) is 0 Å². The molecule has 1 amide bonds. The van der Waals surface area contributed by atoms with Gasteiger partial charge in [-0.3, -0.25) is 14.6 Å². The van der Waals surface area contributed by atoms with E-state index in [0.717, 1.165) is 31.9 Å². The van der Waals surface area contributed by atoms with Crippen LogP contribution in [-0.4, -0.2) is 48.4 Å². The molecule has 5 rings (SSSR count). The van der Waals surface area contributed by atoms with Crippen LogP contribution in [0.1, 0.15) is 28.3 Å². The van der Waals surface area contributed by atoms with Crippen molar-refractivity contribution >= 4 is 11.6 Å². The lowest BCUT2D eigenvalue weighted by atomic mass is 10.0. The Labute approximate surface area is 184 Å². The molecule has 0 unspecified atom stereocenters. The fourth-order valence-corrected chi connectivity index (χ4v) is 5.15. The van der Waals surface area contributed by atoms with Crippen molar-refractivity contribution in [3.05, 3.63) is 89.0 Å². The molecular formula is C27H29N3O. The third kappa shape index (κ3) is 4.01. The molecule has 1 fully saturated rings. The Hall–Kier alpha value is -2.95. The molecular weight excluding hydrogens is 382 g/mol. The number of hydrogen-bond acceptors (Lipinski definition) is 3. The van der Waals surface area contributed by atoms with Gasteiger partial charge in [-0.15, -0.1) is 0 Å². The predicted octanol–water partition coefficient (Wildman–Crippen LogP) is 4.63. The average molecular weight is 412 g/mol. The summed E-state index contributed by atoms with van der Waals surface area (Å²) in [7, 11) is 0. The third-order valence-electron chi connectivity index (χ3n) is 6.45. The minimum absolute atomic E-state index is 0.0648. The normalized spacial score (nSPS) is 16.7. The second-order valence-corrected chi connectivity index (χ2v) is 8.81. The van der Waals surface area contributed by atoms with Gasteiger partial charge in [-0.2, -0.15) is 0 Å². The molecule has 31 heavy (non-hydrogen) atoms. The summed E-state index contributed by atoms with van der Waals surface area (Å²) in [5, 5.41) is 3.07. The average Bonchev–Trinajstić information content (AvgIpc) is 3.08. The molecule has 0 aromatic heterocycles. The van der Waals surface area contributed by atoms with Crippen LogP contribution in [0.2, 0.25) is 0 Å². The monoisotopic (exact) mass is 411 g/mol. The second kappa shape index (κ2) is 8.29. The van der Waals surface area contributed by atoms with Crippen LogP contribution >= 0.6 is 0 Å². The summed E-state index contributed by atoms with van der Waals surface area (Å²) in [4.78, 5) is 17.4. The summed E-state index contributed by atoms with van der Waals surface area (Å²) in [6.45, 7) is 8.29. The van der Waals surface area contributed by atoms with Crippen LogP contribution < -0.4 is 5.32 Å². The minimum Gasteiger partial charge on any atom is -0.325 e. The summed E-state index contributed by atoms with van der Waals surface area (Å²) < 4.78 is 0. The van der Waals surface area contributed by atoms with Gasteiger partial charge in [0.15, 0.2) is 0 Å².